The van der Waals surface area contributed by atoms with Crippen LogP contribution in [0.5, 0.6) is 0 Å². The van der Waals surface area contributed by atoms with Crippen molar-refractivity contribution in [3.8, 4) is 0 Å². The van der Waals surface area contributed by atoms with Crippen LogP contribution in [0.25, 0.3) is 0 Å². The van der Waals surface area contributed by atoms with Crippen LogP contribution in [0, 0.1) is 18.7 Å². The highest BCUT2D eigenvalue weighted by atomic mass is 32.2. The van der Waals surface area contributed by atoms with Gasteiger partial charge in [0.05, 0.1) is 16.1 Å². The first kappa shape index (κ1) is 23.4. The highest BCUT2D eigenvalue weighted by molar-refractivity contribution is 7.92. The molecule has 0 radical (unpaired) electrons. The molecule has 3 heterocycles. The Balaban J connectivity index is 1.63. The Bertz CT molecular complexity index is 1140. The van der Waals surface area contributed by atoms with Crippen LogP contribution in [0.3, 0.4) is 0 Å². The molecule has 2 N–H and O–H groups in total. The maximum Gasteiger partial charge on any atom is 0.337 e. The zero-order valence-electron chi connectivity index (χ0n) is 18.6. The molecule has 0 saturated carbocycles. The van der Waals surface area contributed by atoms with E-state index in [1.807, 2.05) is 4.90 Å². The molecule has 1 aromatic heterocycles. The van der Waals surface area contributed by atoms with E-state index in [9.17, 15) is 22.7 Å². The number of likely N-dealkylation sites (tertiary alicyclic amines) is 1. The molecule has 0 bridgehead atoms. The number of nitrogens with one attached hydrogen (secondary N) is 1. The number of aryl methyl sites for hydroxylation is 1. The second-order valence-corrected chi connectivity index (χ2v) is 10.5. The predicted molar refractivity (Wildman–Crippen MR) is 124 cm³/mol. The summed E-state index contributed by atoms with van der Waals surface area (Å²) >= 11 is 0. The number of sulfonamides is 1. The summed E-state index contributed by atoms with van der Waals surface area (Å²) in [5, 5.41) is 9.42. The first-order valence-electron chi connectivity index (χ1n) is 11.2. The fourth-order valence-corrected chi connectivity index (χ4v) is 6.01. The standard InChI is InChI=1S/C23H29FN4O4S/c1-16-6-7-19(24)12-21(16)33(31,32)26-20-11-18(23(29)30)13-25-22(20)28-10-4-5-17(15-28)14-27-8-2-3-9-27/h6-7,11-13,17,26H,2-5,8-10,14-15H2,1H3,(H,29,30). The SMILES string of the molecule is Cc1ccc(F)cc1S(=O)(=O)Nc1cc(C(=O)O)cnc1N1CCCC(CN2CCCC2)C1. The Morgan fingerprint density at radius 2 is 1.97 bits per heavy atom. The molecule has 2 aromatic rings. The molecule has 8 nitrogen and oxygen atoms in total. The van der Waals surface area contributed by atoms with Gasteiger partial charge in [-0.15, -0.1) is 0 Å². The summed E-state index contributed by atoms with van der Waals surface area (Å²) < 4.78 is 42.5. The van der Waals surface area contributed by atoms with Gasteiger partial charge in [-0.25, -0.2) is 22.6 Å². The zero-order chi connectivity index (χ0) is 23.6. The van der Waals surface area contributed by atoms with Crippen molar-refractivity contribution in [2.24, 2.45) is 5.92 Å². The number of piperidine rings is 1. The molecule has 2 fully saturated rings. The van der Waals surface area contributed by atoms with E-state index in [-0.39, 0.29) is 16.1 Å². The Labute approximate surface area is 193 Å². The molecule has 0 amide bonds. The number of carboxylic acid groups (broad SMARTS) is 1. The van der Waals surface area contributed by atoms with Gasteiger partial charge in [0.15, 0.2) is 5.82 Å². The molecule has 33 heavy (non-hydrogen) atoms. The van der Waals surface area contributed by atoms with Crippen LogP contribution in [0.15, 0.2) is 35.4 Å². The molecule has 178 valence electrons. The van der Waals surface area contributed by atoms with Crippen molar-refractivity contribution < 1.29 is 22.7 Å². The number of pyridine rings is 1. The monoisotopic (exact) mass is 476 g/mol. The molecule has 4 rings (SSSR count). The Morgan fingerprint density at radius 1 is 1.21 bits per heavy atom. The van der Waals surface area contributed by atoms with Crippen molar-refractivity contribution in [3.05, 3.63) is 47.4 Å². The van der Waals surface area contributed by atoms with Gasteiger partial charge in [-0.2, -0.15) is 0 Å². The second kappa shape index (κ2) is 9.64. The smallest absolute Gasteiger partial charge is 0.337 e. The number of aromatic carboxylic acids is 1. The van der Waals surface area contributed by atoms with Crippen LogP contribution < -0.4 is 9.62 Å². The summed E-state index contributed by atoms with van der Waals surface area (Å²) in [5.74, 6) is -1.06. The van der Waals surface area contributed by atoms with Gasteiger partial charge >= 0.3 is 5.97 Å². The summed E-state index contributed by atoms with van der Waals surface area (Å²) in [6.45, 7) is 6.20. The molecule has 0 spiro atoms. The number of benzene rings is 1. The van der Waals surface area contributed by atoms with E-state index in [0.717, 1.165) is 38.5 Å². The van der Waals surface area contributed by atoms with Crippen LogP contribution in [0.4, 0.5) is 15.9 Å². The quantitative estimate of drug-likeness (QED) is 0.632. The third-order valence-corrected chi connectivity index (χ3v) is 7.84. The van der Waals surface area contributed by atoms with E-state index in [1.54, 1.807) is 6.92 Å². The minimum absolute atomic E-state index is 0.0837. The van der Waals surface area contributed by atoms with Gasteiger partial charge < -0.3 is 14.9 Å². The molecule has 1 unspecified atom stereocenters. The summed E-state index contributed by atoms with van der Waals surface area (Å²) in [6, 6.07) is 4.82. The largest absolute Gasteiger partial charge is 0.478 e. The van der Waals surface area contributed by atoms with Crippen LogP contribution in [0.2, 0.25) is 0 Å². The molecular formula is C23H29FN4O4S. The van der Waals surface area contributed by atoms with Crippen LogP contribution in [-0.4, -0.2) is 62.1 Å². The number of anilines is 2. The number of halogens is 1. The van der Waals surface area contributed by atoms with Gasteiger partial charge in [-0.3, -0.25) is 4.72 Å². The van der Waals surface area contributed by atoms with Gasteiger partial charge in [0.2, 0.25) is 0 Å². The fraction of sp³-hybridized carbons (Fsp3) is 0.478. The molecular weight excluding hydrogens is 447 g/mol. The van der Waals surface area contributed by atoms with Gasteiger partial charge in [-0.1, -0.05) is 6.07 Å². The molecule has 1 aromatic carbocycles. The lowest BCUT2D eigenvalue weighted by Crippen LogP contribution is -2.41. The predicted octanol–water partition coefficient (Wildman–Crippen LogP) is 3.34. The van der Waals surface area contributed by atoms with Crippen LogP contribution in [-0.2, 0) is 10.0 Å². The fourth-order valence-electron chi connectivity index (χ4n) is 4.70. The number of carbonyl (C=O) groups is 1. The van der Waals surface area contributed by atoms with E-state index < -0.39 is 21.8 Å². The van der Waals surface area contributed by atoms with Crippen molar-refractivity contribution >= 4 is 27.5 Å². The summed E-state index contributed by atoms with van der Waals surface area (Å²) in [5.41, 5.74) is 0.342. The number of carboxylic acids is 1. The average molecular weight is 477 g/mol. The average Bonchev–Trinajstić information content (AvgIpc) is 3.28. The highest BCUT2D eigenvalue weighted by Crippen LogP contribution is 2.32. The van der Waals surface area contributed by atoms with Crippen molar-refractivity contribution in [2.75, 3.05) is 42.3 Å². The van der Waals surface area contributed by atoms with E-state index in [4.69, 9.17) is 0 Å². The zero-order valence-corrected chi connectivity index (χ0v) is 19.4. The van der Waals surface area contributed by atoms with E-state index in [1.165, 1.54) is 37.2 Å². The second-order valence-electron chi connectivity index (χ2n) is 8.88. The van der Waals surface area contributed by atoms with E-state index in [0.29, 0.717) is 30.4 Å². The normalized spacial score (nSPS) is 19.6. The summed E-state index contributed by atoms with van der Waals surface area (Å²) in [6.07, 6.45) is 5.72. The molecule has 2 aliphatic rings. The van der Waals surface area contributed by atoms with Gasteiger partial charge in [0.25, 0.3) is 10.0 Å². The third-order valence-electron chi connectivity index (χ3n) is 6.33. The number of rotatable bonds is 7. The molecule has 2 saturated heterocycles. The summed E-state index contributed by atoms with van der Waals surface area (Å²) in [4.78, 5) is 20.2. The number of aromatic nitrogens is 1. The Hall–Kier alpha value is -2.72. The maximum absolute atomic E-state index is 13.8. The topological polar surface area (TPSA) is 103 Å². The van der Waals surface area contributed by atoms with E-state index >= 15 is 0 Å². The van der Waals surface area contributed by atoms with Gasteiger partial charge in [0, 0.05) is 25.8 Å². The molecule has 1 atom stereocenters. The van der Waals surface area contributed by atoms with Gasteiger partial charge in [-0.05, 0) is 75.4 Å². The number of hydrogen-bond donors (Lipinski definition) is 2. The van der Waals surface area contributed by atoms with Crippen molar-refractivity contribution in [3.63, 3.8) is 0 Å². The summed E-state index contributed by atoms with van der Waals surface area (Å²) in [7, 11) is -4.16. The Kier molecular flexibility index (Phi) is 6.85. The molecule has 10 heteroatoms. The van der Waals surface area contributed by atoms with Crippen LogP contribution in [0.1, 0.15) is 41.6 Å². The van der Waals surface area contributed by atoms with E-state index in [2.05, 4.69) is 14.6 Å². The minimum Gasteiger partial charge on any atom is -0.478 e. The highest BCUT2D eigenvalue weighted by Gasteiger charge is 2.28. The van der Waals surface area contributed by atoms with Gasteiger partial charge in [0.1, 0.15) is 5.82 Å². The number of hydrogen-bond acceptors (Lipinski definition) is 6. The minimum atomic E-state index is -4.16. The number of nitrogens with zero attached hydrogens (tertiary/aromatic N) is 3. The van der Waals surface area contributed by atoms with Crippen molar-refractivity contribution in [2.45, 2.75) is 37.5 Å². The molecule has 2 aliphatic heterocycles. The first-order valence-corrected chi connectivity index (χ1v) is 12.7. The molecule has 0 aliphatic carbocycles. The Morgan fingerprint density at radius 3 is 2.70 bits per heavy atom. The first-order chi connectivity index (χ1) is 15.7. The van der Waals surface area contributed by atoms with Crippen LogP contribution >= 0.6 is 0 Å². The van der Waals surface area contributed by atoms with Crippen molar-refractivity contribution in [1.29, 1.82) is 0 Å². The lowest BCUT2D eigenvalue weighted by Gasteiger charge is -2.36. The van der Waals surface area contributed by atoms with Crippen molar-refractivity contribution in [1.82, 2.24) is 9.88 Å². The third kappa shape index (κ3) is 5.44. The lowest BCUT2D eigenvalue weighted by molar-refractivity contribution is 0.0696. The lowest BCUT2D eigenvalue weighted by atomic mass is 9.97. The maximum atomic E-state index is 13.8.